The summed E-state index contributed by atoms with van der Waals surface area (Å²) in [6.07, 6.45) is -5.18. The summed E-state index contributed by atoms with van der Waals surface area (Å²) >= 11 is 0. The maximum absolute atomic E-state index is 12.4. The largest absolute Gasteiger partial charge is 0.490 e. The second-order valence-corrected chi connectivity index (χ2v) is 5.25. The Balaban J connectivity index is 1.96. The van der Waals surface area contributed by atoms with E-state index in [0.29, 0.717) is 6.61 Å². The lowest BCUT2D eigenvalue weighted by Crippen LogP contribution is -2.44. The van der Waals surface area contributed by atoms with Crippen LogP contribution in [0.2, 0.25) is 0 Å². The summed E-state index contributed by atoms with van der Waals surface area (Å²) < 4.78 is 58.0. The van der Waals surface area contributed by atoms with Crippen LogP contribution in [0.5, 0.6) is 0 Å². The van der Waals surface area contributed by atoms with Gasteiger partial charge in [0.25, 0.3) is 0 Å². The van der Waals surface area contributed by atoms with E-state index in [2.05, 4.69) is 4.74 Å². The van der Waals surface area contributed by atoms with Crippen molar-refractivity contribution in [2.45, 2.75) is 38.2 Å². The molecule has 0 bridgehead atoms. The molecule has 0 aliphatic carbocycles. The molecule has 138 valence electrons. The van der Waals surface area contributed by atoms with Crippen LogP contribution < -0.4 is 0 Å². The average molecular weight is 360 g/mol. The summed E-state index contributed by atoms with van der Waals surface area (Å²) in [5, 5.41) is 0. The highest BCUT2D eigenvalue weighted by atomic mass is 19.4. The first-order valence-corrected chi connectivity index (χ1v) is 7.75. The molecule has 3 atom stereocenters. The molecule has 1 aromatic rings. The van der Waals surface area contributed by atoms with E-state index in [1.54, 1.807) is 6.92 Å². The number of ether oxygens (including phenoxy) is 4. The van der Waals surface area contributed by atoms with Gasteiger partial charge in [0.15, 0.2) is 6.29 Å². The van der Waals surface area contributed by atoms with Crippen molar-refractivity contribution in [2.24, 2.45) is 0 Å². The van der Waals surface area contributed by atoms with Crippen molar-refractivity contribution in [3.05, 3.63) is 48.0 Å². The van der Waals surface area contributed by atoms with Gasteiger partial charge >= 0.3 is 12.1 Å². The zero-order valence-electron chi connectivity index (χ0n) is 13.6. The number of halogens is 3. The third-order valence-electron chi connectivity index (χ3n) is 3.33. The molecule has 0 fully saturated rings. The maximum atomic E-state index is 12.4. The van der Waals surface area contributed by atoms with Gasteiger partial charge in [-0.25, -0.2) is 4.79 Å². The van der Waals surface area contributed by atoms with Crippen molar-refractivity contribution in [1.29, 1.82) is 0 Å². The van der Waals surface area contributed by atoms with Gasteiger partial charge in [0, 0.05) is 6.61 Å². The first-order chi connectivity index (χ1) is 11.9. The van der Waals surface area contributed by atoms with E-state index < -0.39 is 30.6 Å². The molecule has 0 unspecified atom stereocenters. The Morgan fingerprint density at radius 1 is 1.20 bits per heavy atom. The zero-order chi connectivity index (χ0) is 18.3. The first kappa shape index (κ1) is 19.4. The van der Waals surface area contributed by atoms with Gasteiger partial charge in [-0.2, -0.15) is 13.2 Å². The molecule has 0 radical (unpaired) electrons. The Labute approximate surface area is 143 Å². The molecule has 0 N–H and O–H groups in total. The fourth-order valence-electron chi connectivity index (χ4n) is 2.19. The number of rotatable bonds is 7. The molecule has 1 heterocycles. The number of carbonyl (C=O) groups is 1. The Bertz CT molecular complexity index is 573. The van der Waals surface area contributed by atoms with E-state index in [1.165, 1.54) is 12.2 Å². The zero-order valence-corrected chi connectivity index (χ0v) is 13.6. The average Bonchev–Trinajstić information content (AvgIpc) is 2.57. The Morgan fingerprint density at radius 3 is 2.56 bits per heavy atom. The fourth-order valence-corrected chi connectivity index (χ4v) is 2.19. The number of carbonyl (C=O) groups excluding carboxylic acids is 1. The van der Waals surface area contributed by atoms with Crippen LogP contribution in [-0.2, 0) is 30.3 Å². The molecule has 8 heteroatoms. The van der Waals surface area contributed by atoms with Crippen LogP contribution in [0.1, 0.15) is 12.5 Å². The van der Waals surface area contributed by atoms with E-state index in [9.17, 15) is 18.0 Å². The molecule has 0 saturated carbocycles. The topological polar surface area (TPSA) is 54.0 Å². The Morgan fingerprint density at radius 2 is 1.92 bits per heavy atom. The molecule has 1 aromatic carbocycles. The first-order valence-electron chi connectivity index (χ1n) is 7.75. The van der Waals surface area contributed by atoms with Crippen LogP contribution >= 0.6 is 0 Å². The van der Waals surface area contributed by atoms with Crippen molar-refractivity contribution >= 4 is 5.97 Å². The summed E-state index contributed by atoms with van der Waals surface area (Å²) in [5.74, 6) is -2.27. The molecular formula is C17H19F3O5. The standard InChI is InChI=1S/C17H19F3O5/c1-2-23-15-9-8-13(25-16(21)17(18,19)20)14(24-15)11-22-10-12-6-4-3-5-7-12/h3-9,13-15H,2,10-11H2,1H3/t13-,14-,15+/m1/s1. The normalized spacial score (nSPS) is 23.4. The maximum Gasteiger partial charge on any atom is 0.490 e. The molecule has 1 aliphatic rings. The second kappa shape index (κ2) is 8.98. The Kier molecular flexibility index (Phi) is 6.98. The molecular weight excluding hydrogens is 341 g/mol. The van der Waals surface area contributed by atoms with E-state index in [0.717, 1.165) is 5.56 Å². The smallest absolute Gasteiger partial charge is 0.449 e. The van der Waals surface area contributed by atoms with E-state index in [1.807, 2.05) is 30.3 Å². The molecule has 0 saturated heterocycles. The lowest BCUT2D eigenvalue weighted by atomic mass is 10.1. The van der Waals surface area contributed by atoms with Crippen LogP contribution in [0.3, 0.4) is 0 Å². The van der Waals surface area contributed by atoms with Crippen LogP contribution in [0, 0.1) is 0 Å². The van der Waals surface area contributed by atoms with Crippen molar-refractivity contribution in [2.75, 3.05) is 13.2 Å². The van der Waals surface area contributed by atoms with Crippen LogP contribution in [0.4, 0.5) is 13.2 Å². The minimum Gasteiger partial charge on any atom is -0.449 e. The van der Waals surface area contributed by atoms with Gasteiger partial charge in [-0.15, -0.1) is 0 Å². The summed E-state index contributed by atoms with van der Waals surface area (Å²) in [4.78, 5) is 11.1. The number of benzene rings is 1. The van der Waals surface area contributed by atoms with Gasteiger partial charge in [-0.3, -0.25) is 0 Å². The third kappa shape index (κ3) is 6.15. The second-order valence-electron chi connectivity index (χ2n) is 5.25. The SMILES string of the molecule is CCO[C@@H]1C=C[C@@H](OC(=O)C(F)(F)F)[C@@H](COCc2ccccc2)O1. The summed E-state index contributed by atoms with van der Waals surface area (Å²) in [5.41, 5.74) is 0.902. The number of alkyl halides is 3. The highest BCUT2D eigenvalue weighted by Crippen LogP contribution is 2.23. The van der Waals surface area contributed by atoms with Crippen molar-refractivity contribution in [3.63, 3.8) is 0 Å². The minimum atomic E-state index is -5.07. The Hall–Kier alpha value is -1.90. The number of hydrogen-bond acceptors (Lipinski definition) is 5. The van der Waals surface area contributed by atoms with E-state index >= 15 is 0 Å². The van der Waals surface area contributed by atoms with Crippen molar-refractivity contribution in [3.8, 4) is 0 Å². The van der Waals surface area contributed by atoms with Crippen LogP contribution in [-0.4, -0.2) is 43.9 Å². The molecule has 0 aromatic heterocycles. The third-order valence-corrected chi connectivity index (χ3v) is 3.33. The van der Waals surface area contributed by atoms with Gasteiger partial charge in [0.05, 0.1) is 13.2 Å². The molecule has 2 rings (SSSR count). The highest BCUT2D eigenvalue weighted by Gasteiger charge is 2.44. The lowest BCUT2D eigenvalue weighted by molar-refractivity contribution is -0.222. The monoisotopic (exact) mass is 360 g/mol. The van der Waals surface area contributed by atoms with Crippen LogP contribution in [0.25, 0.3) is 0 Å². The summed E-state index contributed by atoms with van der Waals surface area (Å²) in [6.45, 7) is 2.32. The van der Waals surface area contributed by atoms with Crippen LogP contribution in [0.15, 0.2) is 42.5 Å². The summed E-state index contributed by atoms with van der Waals surface area (Å²) in [7, 11) is 0. The molecule has 0 spiro atoms. The quantitative estimate of drug-likeness (QED) is 0.553. The van der Waals surface area contributed by atoms with Crippen molar-refractivity contribution in [1.82, 2.24) is 0 Å². The molecule has 0 amide bonds. The van der Waals surface area contributed by atoms with Gasteiger partial charge < -0.3 is 18.9 Å². The predicted molar refractivity (Wildman–Crippen MR) is 81.5 cm³/mol. The van der Waals surface area contributed by atoms with Gasteiger partial charge in [-0.05, 0) is 24.6 Å². The van der Waals surface area contributed by atoms with Gasteiger partial charge in [-0.1, -0.05) is 30.3 Å². The molecule has 1 aliphatic heterocycles. The van der Waals surface area contributed by atoms with Gasteiger partial charge in [0.1, 0.15) is 12.2 Å². The van der Waals surface area contributed by atoms with E-state index in [-0.39, 0.29) is 13.2 Å². The lowest BCUT2D eigenvalue weighted by Gasteiger charge is -2.31. The molecule has 25 heavy (non-hydrogen) atoms. The minimum absolute atomic E-state index is 0.0569. The number of hydrogen-bond donors (Lipinski definition) is 0. The highest BCUT2D eigenvalue weighted by molar-refractivity contribution is 5.76. The van der Waals surface area contributed by atoms with Crippen molar-refractivity contribution < 1.29 is 36.9 Å². The summed E-state index contributed by atoms with van der Waals surface area (Å²) in [6, 6.07) is 9.25. The predicted octanol–water partition coefficient (Wildman–Crippen LogP) is 2.99. The number of esters is 1. The van der Waals surface area contributed by atoms with Gasteiger partial charge in [0.2, 0.25) is 0 Å². The fraction of sp³-hybridized carbons (Fsp3) is 0.471. The molecule has 5 nitrogen and oxygen atoms in total. The van der Waals surface area contributed by atoms with E-state index in [4.69, 9.17) is 14.2 Å².